The molecule has 2 saturated heterocycles. The number of hydrogen-bond donors (Lipinski definition) is 3. The molecule has 2 aromatic rings. The lowest BCUT2D eigenvalue weighted by molar-refractivity contribution is -0.119. The maximum atomic E-state index is 14.5. The molecular formula is C22H28FN5O2. The molecule has 0 aliphatic carbocycles. The highest BCUT2D eigenvalue weighted by atomic mass is 19.1. The molecule has 2 aliphatic rings. The van der Waals surface area contributed by atoms with Crippen molar-refractivity contribution in [2.75, 3.05) is 43.5 Å². The van der Waals surface area contributed by atoms with Crippen molar-refractivity contribution in [2.45, 2.75) is 26.2 Å². The largest absolute Gasteiger partial charge is 0.384 e. The fourth-order valence-corrected chi connectivity index (χ4v) is 3.85. The highest BCUT2D eigenvalue weighted by Gasteiger charge is 2.27. The van der Waals surface area contributed by atoms with Crippen LogP contribution in [0.5, 0.6) is 0 Å². The van der Waals surface area contributed by atoms with Gasteiger partial charge >= 0.3 is 0 Å². The normalized spacial score (nSPS) is 20.7. The number of anilines is 2. The Morgan fingerprint density at radius 1 is 1.33 bits per heavy atom. The number of halogens is 1. The third-order valence-corrected chi connectivity index (χ3v) is 5.99. The summed E-state index contributed by atoms with van der Waals surface area (Å²) in [7, 11) is 0. The number of carbonyl (C=O) groups is 1. The van der Waals surface area contributed by atoms with Gasteiger partial charge in [0, 0.05) is 43.8 Å². The quantitative estimate of drug-likeness (QED) is 0.675. The fourth-order valence-electron chi connectivity index (χ4n) is 3.85. The average molecular weight is 413 g/mol. The van der Waals surface area contributed by atoms with Crippen molar-refractivity contribution in [2.24, 2.45) is 11.3 Å². The minimum Gasteiger partial charge on any atom is -0.384 e. The number of nitrogens with zero attached hydrogens (tertiary/aromatic N) is 2. The summed E-state index contributed by atoms with van der Waals surface area (Å²) >= 11 is 0. The number of nitrogens with one attached hydrogen (secondary N) is 3. The van der Waals surface area contributed by atoms with Gasteiger partial charge in [0.05, 0.1) is 17.8 Å². The molecule has 2 fully saturated rings. The van der Waals surface area contributed by atoms with E-state index in [4.69, 9.17) is 4.74 Å². The third-order valence-electron chi connectivity index (χ3n) is 5.99. The van der Waals surface area contributed by atoms with Crippen molar-refractivity contribution >= 4 is 17.4 Å². The Hall–Kier alpha value is -2.58. The van der Waals surface area contributed by atoms with Gasteiger partial charge in [-0.2, -0.15) is 0 Å². The number of amides is 1. The van der Waals surface area contributed by atoms with Gasteiger partial charge in [-0.1, -0.05) is 6.92 Å². The van der Waals surface area contributed by atoms with Crippen molar-refractivity contribution in [3.05, 3.63) is 36.4 Å². The molecule has 7 nitrogen and oxygen atoms in total. The van der Waals surface area contributed by atoms with E-state index in [1.165, 1.54) is 0 Å². The van der Waals surface area contributed by atoms with Gasteiger partial charge in [-0.25, -0.2) is 9.37 Å². The molecule has 4 rings (SSSR count). The predicted molar refractivity (Wildman–Crippen MR) is 114 cm³/mol. The van der Waals surface area contributed by atoms with Crippen LogP contribution in [0.25, 0.3) is 11.3 Å². The zero-order chi connectivity index (χ0) is 21.0. The topological polar surface area (TPSA) is 88.2 Å². The molecule has 3 N–H and O–H groups in total. The molecule has 4 heterocycles. The second kappa shape index (κ2) is 9.06. The first kappa shape index (κ1) is 20.7. The van der Waals surface area contributed by atoms with Gasteiger partial charge in [0.1, 0.15) is 5.82 Å². The van der Waals surface area contributed by atoms with Gasteiger partial charge < -0.3 is 20.7 Å². The second-order valence-corrected chi connectivity index (χ2v) is 8.43. The van der Waals surface area contributed by atoms with E-state index in [2.05, 4.69) is 32.8 Å². The minimum absolute atomic E-state index is 0.0856. The maximum absolute atomic E-state index is 14.5. The smallest absolute Gasteiger partial charge is 0.229 e. The van der Waals surface area contributed by atoms with Crippen LogP contribution in [0.2, 0.25) is 0 Å². The molecule has 2 aromatic heterocycles. The minimum atomic E-state index is -0.475. The number of pyridine rings is 2. The molecule has 160 valence electrons. The summed E-state index contributed by atoms with van der Waals surface area (Å²) in [5.74, 6) is -0.328. The monoisotopic (exact) mass is 413 g/mol. The van der Waals surface area contributed by atoms with E-state index in [0.717, 1.165) is 57.4 Å². The number of rotatable bonds is 6. The van der Waals surface area contributed by atoms with E-state index in [-0.39, 0.29) is 17.2 Å². The van der Waals surface area contributed by atoms with E-state index in [9.17, 15) is 9.18 Å². The van der Waals surface area contributed by atoms with Gasteiger partial charge in [0.15, 0.2) is 5.82 Å². The summed E-state index contributed by atoms with van der Waals surface area (Å²) < 4.78 is 20.0. The first-order valence-corrected chi connectivity index (χ1v) is 10.5. The highest BCUT2D eigenvalue weighted by molar-refractivity contribution is 5.92. The zero-order valence-corrected chi connectivity index (χ0v) is 17.2. The summed E-state index contributed by atoms with van der Waals surface area (Å²) in [5, 5.41) is 9.42. The SMILES string of the molecule is CC1(CNc2ccnc(-c3cc(NC(=O)C4CCNC4)ncc3F)c2)CCOCC1. The Kier molecular flexibility index (Phi) is 6.24. The molecule has 0 bridgehead atoms. The summed E-state index contributed by atoms with van der Waals surface area (Å²) in [6, 6.07) is 5.25. The lowest BCUT2D eigenvalue weighted by Gasteiger charge is -2.33. The lowest BCUT2D eigenvalue weighted by Crippen LogP contribution is -2.33. The Labute approximate surface area is 175 Å². The molecule has 0 saturated carbocycles. The Morgan fingerprint density at radius 2 is 2.17 bits per heavy atom. The molecule has 1 unspecified atom stereocenters. The highest BCUT2D eigenvalue weighted by Crippen LogP contribution is 2.31. The summed E-state index contributed by atoms with van der Waals surface area (Å²) in [4.78, 5) is 20.7. The molecule has 1 amide bonds. The second-order valence-electron chi connectivity index (χ2n) is 8.43. The van der Waals surface area contributed by atoms with Crippen LogP contribution in [-0.4, -0.2) is 48.7 Å². The molecule has 30 heavy (non-hydrogen) atoms. The van der Waals surface area contributed by atoms with Crippen molar-refractivity contribution in [3.63, 3.8) is 0 Å². The molecule has 8 heteroatoms. The Bertz CT molecular complexity index is 895. The standard InChI is InChI=1S/C22H28FN5O2/c1-22(4-8-30-9-5-22)14-27-16-3-7-25-19(10-16)17-11-20(26-13-18(17)23)28-21(29)15-2-6-24-12-15/h3,7,10-11,13,15,24H,2,4-6,8-9,12,14H2,1H3,(H,25,27)(H,26,28,29). The number of hydrogen-bond acceptors (Lipinski definition) is 6. The molecule has 0 radical (unpaired) electrons. The van der Waals surface area contributed by atoms with Crippen LogP contribution in [0.15, 0.2) is 30.6 Å². The summed E-state index contributed by atoms with van der Waals surface area (Å²) in [5.41, 5.74) is 1.86. The van der Waals surface area contributed by atoms with Gasteiger partial charge in [-0.3, -0.25) is 9.78 Å². The third kappa shape index (κ3) is 4.94. The van der Waals surface area contributed by atoms with Gasteiger partial charge in [0.2, 0.25) is 5.91 Å². The molecule has 0 aromatic carbocycles. The van der Waals surface area contributed by atoms with E-state index in [1.807, 2.05) is 12.1 Å². The van der Waals surface area contributed by atoms with Crippen LogP contribution >= 0.6 is 0 Å². The molecule has 0 spiro atoms. The van der Waals surface area contributed by atoms with Crippen molar-refractivity contribution in [3.8, 4) is 11.3 Å². The molecule has 2 aliphatic heterocycles. The lowest BCUT2D eigenvalue weighted by atomic mass is 9.82. The van der Waals surface area contributed by atoms with E-state index >= 15 is 0 Å². The van der Waals surface area contributed by atoms with Gasteiger partial charge in [0.25, 0.3) is 0 Å². The van der Waals surface area contributed by atoms with Crippen molar-refractivity contribution in [1.82, 2.24) is 15.3 Å². The van der Waals surface area contributed by atoms with Crippen LogP contribution in [0.4, 0.5) is 15.9 Å². The van der Waals surface area contributed by atoms with Crippen LogP contribution in [-0.2, 0) is 9.53 Å². The molecule has 1 atom stereocenters. The molecular weight excluding hydrogens is 385 g/mol. The average Bonchev–Trinajstić information content (AvgIpc) is 3.30. The van der Waals surface area contributed by atoms with E-state index in [0.29, 0.717) is 23.6 Å². The first-order valence-electron chi connectivity index (χ1n) is 10.5. The number of aromatic nitrogens is 2. The van der Waals surface area contributed by atoms with Crippen LogP contribution < -0.4 is 16.0 Å². The van der Waals surface area contributed by atoms with Crippen LogP contribution in [0.3, 0.4) is 0 Å². The number of ether oxygens (including phenoxy) is 1. The zero-order valence-electron chi connectivity index (χ0n) is 17.2. The first-order chi connectivity index (χ1) is 14.5. The Morgan fingerprint density at radius 3 is 2.93 bits per heavy atom. The van der Waals surface area contributed by atoms with Crippen molar-refractivity contribution in [1.29, 1.82) is 0 Å². The van der Waals surface area contributed by atoms with Gasteiger partial charge in [-0.05, 0) is 49.4 Å². The Balaban J connectivity index is 1.47. The number of carbonyl (C=O) groups excluding carboxylic acids is 1. The predicted octanol–water partition coefficient (Wildman–Crippen LogP) is 3.06. The summed E-state index contributed by atoms with van der Waals surface area (Å²) in [6.45, 7) is 6.12. The fraction of sp³-hybridized carbons (Fsp3) is 0.500. The van der Waals surface area contributed by atoms with Gasteiger partial charge in [-0.15, -0.1) is 0 Å². The summed E-state index contributed by atoms with van der Waals surface area (Å²) in [6.07, 6.45) is 5.60. The van der Waals surface area contributed by atoms with E-state index < -0.39 is 5.82 Å². The van der Waals surface area contributed by atoms with E-state index in [1.54, 1.807) is 12.3 Å². The van der Waals surface area contributed by atoms with Crippen LogP contribution in [0, 0.1) is 17.2 Å². The van der Waals surface area contributed by atoms with Crippen LogP contribution in [0.1, 0.15) is 26.2 Å². The van der Waals surface area contributed by atoms with Crippen molar-refractivity contribution < 1.29 is 13.9 Å². The maximum Gasteiger partial charge on any atom is 0.229 e.